The van der Waals surface area contributed by atoms with Crippen molar-refractivity contribution < 1.29 is 39.4 Å². The van der Waals surface area contributed by atoms with Gasteiger partial charge in [0, 0.05) is 0 Å². The summed E-state index contributed by atoms with van der Waals surface area (Å²) in [6, 6.07) is 7.71. The van der Waals surface area contributed by atoms with Gasteiger partial charge in [-0.1, -0.05) is 17.7 Å². The zero-order valence-corrected chi connectivity index (χ0v) is 17.8. The Morgan fingerprint density at radius 3 is 2.31 bits per heavy atom. The molecule has 0 spiro atoms. The molecule has 2 saturated heterocycles. The molecule has 3 rings (SSSR count). The molecule has 0 N–H and O–H groups in total. The van der Waals surface area contributed by atoms with Crippen molar-refractivity contribution in [2.75, 3.05) is 12.9 Å². The third-order valence-corrected chi connectivity index (χ3v) is 6.28. The summed E-state index contributed by atoms with van der Waals surface area (Å²) >= 11 is 0. The lowest BCUT2D eigenvalue weighted by atomic mass is 9.95. The molecule has 1 aromatic rings. The van der Waals surface area contributed by atoms with Gasteiger partial charge in [0.05, 0.1) is 17.8 Å². The minimum Gasteiger partial charge on any atom is -0.340 e. The van der Waals surface area contributed by atoms with E-state index in [9.17, 15) is 22.1 Å². The third-order valence-electron chi connectivity index (χ3n) is 4.41. The second-order valence-corrected chi connectivity index (χ2v) is 10.5. The van der Waals surface area contributed by atoms with Crippen molar-refractivity contribution in [2.45, 2.75) is 55.6 Å². The number of hydrogen-bond donors (Lipinski definition) is 0. The Bertz CT molecular complexity index is 1030. The summed E-state index contributed by atoms with van der Waals surface area (Å²) in [4.78, 5) is -0.0958. The van der Waals surface area contributed by atoms with Gasteiger partial charge in [-0.05, 0) is 32.9 Å². The van der Waals surface area contributed by atoms with E-state index in [2.05, 4.69) is 0 Å². The summed E-state index contributed by atoms with van der Waals surface area (Å²) in [6.45, 7) is 4.24. The number of nitriles is 1. The van der Waals surface area contributed by atoms with Crippen LogP contribution >= 0.6 is 0 Å². The number of aryl methyl sites for hydroxylation is 1. The van der Waals surface area contributed by atoms with Gasteiger partial charge in [0.25, 0.3) is 20.2 Å². The third kappa shape index (κ3) is 4.46. The quantitative estimate of drug-likeness (QED) is 0.576. The van der Waals surface area contributed by atoms with Crippen LogP contribution < -0.4 is 0 Å². The van der Waals surface area contributed by atoms with Crippen molar-refractivity contribution in [3.63, 3.8) is 0 Å². The van der Waals surface area contributed by atoms with E-state index in [1.54, 1.807) is 39.0 Å². The molecule has 2 fully saturated rings. The van der Waals surface area contributed by atoms with Crippen molar-refractivity contribution >= 4 is 20.2 Å². The highest BCUT2D eigenvalue weighted by molar-refractivity contribution is 7.86. The minimum atomic E-state index is -4.19. The maximum Gasteiger partial charge on any atom is 0.297 e. The standard InChI is InChI=1S/C17H21NO9S2/c1-11-5-7-12(8-6-11)29(21,22)23-9-13-17(10-18,27-28(4,19)20)14-15(24-13)26-16(2,3)25-14/h5-8,13-15H,9H2,1-4H3/t13-,14+,15-,17-/m1/s1. The molecule has 0 aromatic heterocycles. The molecule has 29 heavy (non-hydrogen) atoms. The van der Waals surface area contributed by atoms with Crippen LogP contribution in [0.3, 0.4) is 0 Å². The topological polar surface area (TPSA) is 138 Å². The number of hydrogen-bond acceptors (Lipinski definition) is 10. The van der Waals surface area contributed by atoms with Gasteiger partial charge in [-0.15, -0.1) is 0 Å². The highest BCUT2D eigenvalue weighted by atomic mass is 32.2. The van der Waals surface area contributed by atoms with E-state index in [0.717, 1.165) is 11.8 Å². The SMILES string of the molecule is Cc1ccc(S(=O)(=O)OC[C@H]2O[C@@H]3OC(C)(C)O[C@@H]3[C@]2(C#N)OS(C)(=O)=O)cc1. The summed E-state index contributed by atoms with van der Waals surface area (Å²) in [7, 11) is -8.33. The van der Waals surface area contributed by atoms with Crippen molar-refractivity contribution in [3.8, 4) is 6.07 Å². The Morgan fingerprint density at radius 1 is 1.14 bits per heavy atom. The van der Waals surface area contributed by atoms with Crippen LogP contribution in [0.5, 0.6) is 0 Å². The predicted octanol–water partition coefficient (Wildman–Crippen LogP) is 0.815. The molecule has 12 heteroatoms. The largest absolute Gasteiger partial charge is 0.340 e. The molecule has 0 unspecified atom stereocenters. The molecule has 0 amide bonds. The lowest BCUT2D eigenvalue weighted by Crippen LogP contribution is -2.52. The number of nitrogens with zero attached hydrogens (tertiary/aromatic N) is 1. The van der Waals surface area contributed by atoms with Crippen LogP contribution in [0.15, 0.2) is 29.2 Å². The molecule has 1 aromatic carbocycles. The molecule has 0 bridgehead atoms. The molecule has 10 nitrogen and oxygen atoms in total. The zero-order valence-electron chi connectivity index (χ0n) is 16.2. The van der Waals surface area contributed by atoms with Crippen LogP contribution in [0.4, 0.5) is 0 Å². The van der Waals surface area contributed by atoms with Crippen molar-refractivity contribution in [2.24, 2.45) is 0 Å². The van der Waals surface area contributed by atoms with E-state index >= 15 is 0 Å². The van der Waals surface area contributed by atoms with Crippen LogP contribution in [0.25, 0.3) is 0 Å². The first kappa shape index (κ1) is 22.1. The molecule has 0 saturated carbocycles. The number of ether oxygens (including phenoxy) is 3. The molecule has 2 aliphatic heterocycles. The smallest absolute Gasteiger partial charge is 0.297 e. The number of benzene rings is 1. The lowest BCUT2D eigenvalue weighted by Gasteiger charge is -2.30. The van der Waals surface area contributed by atoms with Gasteiger partial charge in [0.1, 0.15) is 12.2 Å². The molecular formula is C17H21NO9S2. The molecule has 0 radical (unpaired) electrons. The van der Waals surface area contributed by atoms with Gasteiger partial charge < -0.3 is 14.2 Å². The fourth-order valence-electron chi connectivity index (χ4n) is 3.16. The van der Waals surface area contributed by atoms with Crippen molar-refractivity contribution in [1.82, 2.24) is 0 Å². The first-order valence-corrected chi connectivity index (χ1v) is 11.8. The van der Waals surface area contributed by atoms with Gasteiger partial charge in [-0.25, -0.2) is 4.18 Å². The van der Waals surface area contributed by atoms with Crippen LogP contribution in [0, 0.1) is 18.3 Å². The number of fused-ring (bicyclic) bond motifs is 1. The van der Waals surface area contributed by atoms with Gasteiger partial charge >= 0.3 is 0 Å². The van der Waals surface area contributed by atoms with Gasteiger partial charge in [-0.3, -0.25) is 4.18 Å². The predicted molar refractivity (Wildman–Crippen MR) is 97.3 cm³/mol. The maximum atomic E-state index is 12.5. The Balaban J connectivity index is 1.87. The Labute approximate surface area is 169 Å². The van der Waals surface area contributed by atoms with E-state index in [1.165, 1.54) is 12.1 Å². The molecule has 2 heterocycles. The van der Waals surface area contributed by atoms with Gasteiger partial charge in [0.15, 0.2) is 18.2 Å². The Hall–Kier alpha value is -1.59. The summed E-state index contributed by atoms with van der Waals surface area (Å²) in [5, 5.41) is 9.78. The molecule has 2 aliphatic rings. The fraction of sp³-hybridized carbons (Fsp3) is 0.588. The zero-order chi connectivity index (χ0) is 21.7. The van der Waals surface area contributed by atoms with Gasteiger partial charge in [0.2, 0.25) is 5.60 Å². The average molecular weight is 447 g/mol. The van der Waals surface area contributed by atoms with E-state index in [-0.39, 0.29) is 4.90 Å². The number of rotatable bonds is 6. The van der Waals surface area contributed by atoms with E-state index in [4.69, 9.17) is 22.6 Å². The Morgan fingerprint density at radius 2 is 1.76 bits per heavy atom. The Kier molecular flexibility index (Phi) is 5.55. The van der Waals surface area contributed by atoms with E-state index < -0.39 is 56.7 Å². The van der Waals surface area contributed by atoms with Crippen molar-refractivity contribution in [1.29, 1.82) is 5.26 Å². The maximum absolute atomic E-state index is 12.5. The molecular weight excluding hydrogens is 426 g/mol. The summed E-state index contributed by atoms with van der Waals surface area (Å²) < 4.78 is 75.4. The highest BCUT2D eigenvalue weighted by Gasteiger charge is 2.67. The molecule has 4 atom stereocenters. The first-order chi connectivity index (χ1) is 13.3. The molecule has 160 valence electrons. The fourth-order valence-corrected chi connectivity index (χ4v) is 4.81. The van der Waals surface area contributed by atoms with Crippen LogP contribution in [0.1, 0.15) is 19.4 Å². The summed E-state index contributed by atoms with van der Waals surface area (Å²) in [5.41, 5.74) is -1.33. The summed E-state index contributed by atoms with van der Waals surface area (Å²) in [6.07, 6.45) is -3.01. The monoisotopic (exact) mass is 447 g/mol. The van der Waals surface area contributed by atoms with Crippen molar-refractivity contribution in [3.05, 3.63) is 29.8 Å². The summed E-state index contributed by atoms with van der Waals surface area (Å²) in [5.74, 6) is -1.15. The van der Waals surface area contributed by atoms with Crippen LogP contribution in [0.2, 0.25) is 0 Å². The average Bonchev–Trinajstić information content (AvgIpc) is 3.03. The molecule has 0 aliphatic carbocycles. The second kappa shape index (κ2) is 7.28. The minimum absolute atomic E-state index is 0.0958. The van der Waals surface area contributed by atoms with Crippen LogP contribution in [-0.4, -0.2) is 59.6 Å². The van der Waals surface area contributed by atoms with E-state index in [0.29, 0.717) is 0 Å². The highest BCUT2D eigenvalue weighted by Crippen LogP contribution is 2.45. The lowest BCUT2D eigenvalue weighted by molar-refractivity contribution is -0.222. The first-order valence-electron chi connectivity index (χ1n) is 8.57. The van der Waals surface area contributed by atoms with Gasteiger partial charge in [-0.2, -0.15) is 22.1 Å². The normalized spacial score (nSPS) is 31.3. The second-order valence-electron chi connectivity index (χ2n) is 7.29. The van der Waals surface area contributed by atoms with Crippen LogP contribution in [-0.2, 0) is 42.8 Å². The van der Waals surface area contributed by atoms with E-state index in [1.807, 2.05) is 0 Å².